The molecule has 1 heterocycles. The summed E-state index contributed by atoms with van der Waals surface area (Å²) in [5, 5.41) is 29.6. The lowest BCUT2D eigenvalue weighted by molar-refractivity contribution is -0.134. The van der Waals surface area contributed by atoms with Gasteiger partial charge in [0.15, 0.2) is 16.8 Å². The number of aliphatic hydroxyl groups excluding tert-OH is 1. The average Bonchev–Trinajstić information content (AvgIpc) is 2.94. The van der Waals surface area contributed by atoms with Gasteiger partial charge in [-0.1, -0.05) is 66.7 Å². The molecule has 1 atom stereocenters. The molecule has 3 aromatic carbocycles. The van der Waals surface area contributed by atoms with Gasteiger partial charge in [0.2, 0.25) is 0 Å². The lowest BCUT2D eigenvalue weighted by atomic mass is 10.1. The van der Waals surface area contributed by atoms with Crippen molar-refractivity contribution in [3.05, 3.63) is 113 Å². The van der Waals surface area contributed by atoms with E-state index in [1.807, 2.05) is 48.5 Å². The van der Waals surface area contributed by atoms with Gasteiger partial charge in [0.05, 0.1) is 5.39 Å². The predicted molar refractivity (Wildman–Crippen MR) is 147 cm³/mol. The number of rotatable bonds is 11. The van der Waals surface area contributed by atoms with E-state index in [-0.39, 0.29) is 12.0 Å². The van der Waals surface area contributed by atoms with Gasteiger partial charge in [-0.2, -0.15) is 0 Å². The molecule has 0 aliphatic carbocycles. The first-order chi connectivity index (χ1) is 18.8. The Bertz CT molecular complexity index is 1430. The minimum atomic E-state index is -1.26. The van der Waals surface area contributed by atoms with E-state index < -0.39 is 18.0 Å². The van der Waals surface area contributed by atoms with Crippen LogP contribution in [-0.2, 0) is 16.0 Å². The van der Waals surface area contributed by atoms with Gasteiger partial charge in [-0.15, -0.1) is 0 Å². The number of hydrogen-bond donors (Lipinski definition) is 4. The summed E-state index contributed by atoms with van der Waals surface area (Å²) in [6.45, 7) is 1.28. The minimum Gasteiger partial charge on any atom is -0.487 e. The van der Waals surface area contributed by atoms with Gasteiger partial charge < -0.3 is 29.8 Å². The Morgan fingerprint density at radius 2 is 1.54 bits per heavy atom. The number of hydrogen-bond acceptors (Lipinski definition) is 7. The molecular formula is C30H29NO8. The Labute approximate surface area is 224 Å². The van der Waals surface area contributed by atoms with E-state index in [0.717, 1.165) is 18.5 Å². The number of benzene rings is 3. The quantitative estimate of drug-likeness (QED) is 0.168. The first-order valence-electron chi connectivity index (χ1n) is 12.1. The second-order valence-corrected chi connectivity index (χ2v) is 8.39. The number of carboxylic acid groups (broad SMARTS) is 2. The first kappa shape index (κ1) is 28.8. The van der Waals surface area contributed by atoms with Gasteiger partial charge in [-0.05, 0) is 30.7 Å². The highest BCUT2D eigenvalue weighted by Gasteiger charge is 2.13. The highest BCUT2D eigenvalue weighted by molar-refractivity contribution is 5.89. The van der Waals surface area contributed by atoms with Crippen LogP contribution in [-0.4, -0.2) is 53.1 Å². The summed E-state index contributed by atoms with van der Waals surface area (Å²) in [6.07, 6.45) is 1.32. The lowest BCUT2D eigenvalue weighted by Crippen LogP contribution is -2.32. The smallest absolute Gasteiger partial charge is 0.328 e. The van der Waals surface area contributed by atoms with Gasteiger partial charge in [0.1, 0.15) is 18.5 Å². The van der Waals surface area contributed by atoms with E-state index >= 15 is 0 Å². The van der Waals surface area contributed by atoms with Crippen molar-refractivity contribution in [2.45, 2.75) is 12.5 Å². The van der Waals surface area contributed by atoms with Crippen molar-refractivity contribution < 1.29 is 34.1 Å². The molecule has 0 aliphatic rings. The Morgan fingerprint density at radius 3 is 2.18 bits per heavy atom. The molecule has 1 unspecified atom stereocenters. The third-order valence-corrected chi connectivity index (χ3v) is 5.39. The number of carboxylic acids is 2. The second kappa shape index (κ2) is 14.9. The molecule has 4 aromatic rings. The Balaban J connectivity index is 0.000000459. The van der Waals surface area contributed by atoms with Crippen molar-refractivity contribution in [1.29, 1.82) is 0 Å². The maximum Gasteiger partial charge on any atom is 0.328 e. The Kier molecular flexibility index (Phi) is 11.0. The largest absolute Gasteiger partial charge is 0.487 e. The first-order valence-corrected chi connectivity index (χ1v) is 12.1. The summed E-state index contributed by atoms with van der Waals surface area (Å²) in [5.41, 5.74) is 2.33. The standard InChI is InChI=1S/C26H25NO4.C4H4O4/c28-21(17-27-15-14-19-8-3-1-4-9-19)18-30-24-13-7-12-22-23(29)16-25(31-26(22)24)20-10-5-2-6-11-20;5-3(6)1-2-4(7)8/h1-13,16,21,27-28H,14-15,17-18H2;1-2H,(H,5,6)(H,7,8). The summed E-state index contributed by atoms with van der Waals surface area (Å²) < 4.78 is 11.8. The zero-order valence-corrected chi connectivity index (χ0v) is 21.0. The monoisotopic (exact) mass is 531 g/mol. The minimum absolute atomic E-state index is 0.0940. The van der Waals surface area contributed by atoms with Crippen LogP contribution in [0.3, 0.4) is 0 Å². The summed E-state index contributed by atoms with van der Waals surface area (Å²) >= 11 is 0. The third-order valence-electron chi connectivity index (χ3n) is 5.39. The van der Waals surface area contributed by atoms with Crippen molar-refractivity contribution in [2.75, 3.05) is 19.7 Å². The fraction of sp³-hybridized carbons (Fsp3) is 0.167. The third kappa shape index (κ3) is 9.58. The highest BCUT2D eigenvalue weighted by Crippen LogP contribution is 2.28. The van der Waals surface area contributed by atoms with Gasteiger partial charge in [-0.3, -0.25) is 4.79 Å². The Hall–Kier alpha value is -4.73. The molecule has 0 saturated heterocycles. The molecule has 0 fully saturated rings. The van der Waals surface area contributed by atoms with Crippen LogP contribution in [0.2, 0.25) is 0 Å². The van der Waals surface area contributed by atoms with Gasteiger partial charge in [0.25, 0.3) is 0 Å². The number of aliphatic hydroxyl groups is 1. The van der Waals surface area contributed by atoms with Gasteiger partial charge in [-0.25, -0.2) is 9.59 Å². The van der Waals surface area contributed by atoms with Crippen molar-refractivity contribution in [2.24, 2.45) is 0 Å². The second-order valence-electron chi connectivity index (χ2n) is 8.39. The molecule has 39 heavy (non-hydrogen) atoms. The molecule has 9 heteroatoms. The van der Waals surface area contributed by atoms with Crippen molar-refractivity contribution in [3.63, 3.8) is 0 Å². The molecule has 9 nitrogen and oxygen atoms in total. The topological polar surface area (TPSA) is 146 Å². The summed E-state index contributed by atoms with van der Waals surface area (Å²) in [6, 6.07) is 26.4. The molecule has 0 radical (unpaired) electrons. The van der Waals surface area contributed by atoms with Crippen LogP contribution in [0.15, 0.2) is 106 Å². The number of nitrogens with one attached hydrogen (secondary N) is 1. The summed E-state index contributed by atoms with van der Waals surface area (Å²) in [5.74, 6) is -1.59. The molecule has 4 N–H and O–H groups in total. The highest BCUT2D eigenvalue weighted by atomic mass is 16.5. The fourth-order valence-electron chi connectivity index (χ4n) is 3.54. The Morgan fingerprint density at radius 1 is 0.897 bits per heavy atom. The number of fused-ring (bicyclic) bond motifs is 1. The van der Waals surface area contributed by atoms with Crippen LogP contribution in [0.1, 0.15) is 5.56 Å². The molecule has 0 spiro atoms. The molecule has 0 amide bonds. The van der Waals surface area contributed by atoms with Gasteiger partial charge >= 0.3 is 11.9 Å². The van der Waals surface area contributed by atoms with Crippen LogP contribution < -0.4 is 15.5 Å². The van der Waals surface area contributed by atoms with E-state index in [9.17, 15) is 19.5 Å². The van der Waals surface area contributed by atoms with E-state index in [4.69, 9.17) is 19.4 Å². The zero-order valence-electron chi connectivity index (χ0n) is 21.0. The van der Waals surface area contributed by atoms with Crippen LogP contribution in [0.5, 0.6) is 5.75 Å². The molecule has 202 valence electrons. The van der Waals surface area contributed by atoms with Crippen LogP contribution in [0, 0.1) is 0 Å². The van der Waals surface area contributed by atoms with Crippen LogP contribution in [0.4, 0.5) is 0 Å². The van der Waals surface area contributed by atoms with Crippen LogP contribution in [0.25, 0.3) is 22.3 Å². The molecule has 4 rings (SSSR count). The zero-order chi connectivity index (χ0) is 28.0. The molecule has 0 saturated carbocycles. The van der Waals surface area contributed by atoms with E-state index in [0.29, 0.717) is 41.2 Å². The number of carbonyl (C=O) groups is 2. The number of aliphatic carboxylic acids is 2. The molecule has 0 bridgehead atoms. The predicted octanol–water partition coefficient (Wildman–Crippen LogP) is 3.74. The average molecular weight is 532 g/mol. The van der Waals surface area contributed by atoms with Crippen molar-refractivity contribution in [3.8, 4) is 17.1 Å². The van der Waals surface area contributed by atoms with Crippen LogP contribution >= 0.6 is 0 Å². The number of para-hydroxylation sites is 1. The van der Waals surface area contributed by atoms with E-state index in [2.05, 4.69) is 17.4 Å². The molecule has 0 aliphatic heterocycles. The van der Waals surface area contributed by atoms with Gasteiger partial charge in [0, 0.05) is 30.3 Å². The van der Waals surface area contributed by atoms with Crippen molar-refractivity contribution in [1.82, 2.24) is 5.32 Å². The van der Waals surface area contributed by atoms with Crippen molar-refractivity contribution >= 4 is 22.9 Å². The maximum absolute atomic E-state index is 12.6. The molecule has 1 aromatic heterocycles. The SMILES string of the molecule is O=C(O)C=CC(=O)O.O=c1cc(-c2ccccc2)oc2c(OCC(O)CNCCc3ccccc3)cccc12. The molecular weight excluding hydrogens is 502 g/mol. The summed E-state index contributed by atoms with van der Waals surface area (Å²) in [7, 11) is 0. The maximum atomic E-state index is 12.6. The van der Waals surface area contributed by atoms with E-state index in [1.54, 1.807) is 18.2 Å². The normalized spacial score (nSPS) is 11.5. The fourth-order valence-corrected chi connectivity index (χ4v) is 3.54. The number of ether oxygens (including phenoxy) is 1. The lowest BCUT2D eigenvalue weighted by Gasteiger charge is -2.14. The van der Waals surface area contributed by atoms with E-state index in [1.165, 1.54) is 11.6 Å². The summed E-state index contributed by atoms with van der Waals surface area (Å²) in [4.78, 5) is 31.7.